The number of aldehydes is 1. The molecular weight excluding hydrogens is 200 g/mol. The van der Waals surface area contributed by atoms with E-state index in [2.05, 4.69) is 0 Å². The van der Waals surface area contributed by atoms with Crippen molar-refractivity contribution in [3.63, 3.8) is 0 Å². The summed E-state index contributed by atoms with van der Waals surface area (Å²) in [5, 5.41) is 0. The standard InChI is InChI=1S/C14H10O2/c15-10-11-5-4-8-13(9-11)14(16)12-6-2-1-3-7-12/h1-10H. The van der Waals surface area contributed by atoms with Crippen LogP contribution in [0.1, 0.15) is 26.3 Å². The number of hydrogen-bond acceptors (Lipinski definition) is 2. The van der Waals surface area contributed by atoms with Gasteiger partial charge in [-0.05, 0) is 6.07 Å². The predicted octanol–water partition coefficient (Wildman–Crippen LogP) is 2.73. The van der Waals surface area contributed by atoms with Gasteiger partial charge in [0.25, 0.3) is 0 Å². The van der Waals surface area contributed by atoms with E-state index in [1.165, 1.54) is 0 Å². The Morgan fingerprint density at radius 3 is 2.25 bits per heavy atom. The van der Waals surface area contributed by atoms with E-state index in [-0.39, 0.29) is 5.78 Å². The minimum Gasteiger partial charge on any atom is -0.298 e. The zero-order valence-corrected chi connectivity index (χ0v) is 8.59. The number of ketones is 1. The Morgan fingerprint density at radius 1 is 0.875 bits per heavy atom. The van der Waals surface area contributed by atoms with Crippen molar-refractivity contribution in [2.24, 2.45) is 0 Å². The van der Waals surface area contributed by atoms with Gasteiger partial charge in [-0.3, -0.25) is 9.59 Å². The molecule has 0 bridgehead atoms. The van der Waals surface area contributed by atoms with Crippen LogP contribution in [0.2, 0.25) is 0 Å². The van der Waals surface area contributed by atoms with Crippen LogP contribution in [0.5, 0.6) is 0 Å². The highest BCUT2D eigenvalue weighted by Crippen LogP contribution is 2.10. The molecule has 0 aliphatic carbocycles. The summed E-state index contributed by atoms with van der Waals surface area (Å²) in [5.41, 5.74) is 1.68. The summed E-state index contributed by atoms with van der Waals surface area (Å²) < 4.78 is 0. The van der Waals surface area contributed by atoms with Crippen molar-refractivity contribution in [2.75, 3.05) is 0 Å². The third-order valence-electron chi connectivity index (χ3n) is 2.32. The second kappa shape index (κ2) is 4.53. The lowest BCUT2D eigenvalue weighted by molar-refractivity contribution is 0.103. The number of benzene rings is 2. The van der Waals surface area contributed by atoms with Crippen LogP contribution in [0.15, 0.2) is 54.6 Å². The fourth-order valence-electron chi connectivity index (χ4n) is 1.51. The molecule has 0 aliphatic rings. The highest BCUT2D eigenvalue weighted by atomic mass is 16.1. The SMILES string of the molecule is O=Cc1cccc(C(=O)c2ccccc2)c1. The first-order chi connectivity index (χ1) is 7.81. The summed E-state index contributed by atoms with van der Waals surface area (Å²) in [6, 6.07) is 15.7. The fourth-order valence-corrected chi connectivity index (χ4v) is 1.51. The lowest BCUT2D eigenvalue weighted by Crippen LogP contribution is -2.01. The van der Waals surface area contributed by atoms with Gasteiger partial charge in [0.05, 0.1) is 0 Å². The molecule has 16 heavy (non-hydrogen) atoms. The molecule has 0 atom stereocenters. The van der Waals surface area contributed by atoms with Crippen molar-refractivity contribution in [1.29, 1.82) is 0 Å². The van der Waals surface area contributed by atoms with E-state index in [9.17, 15) is 9.59 Å². The van der Waals surface area contributed by atoms with Gasteiger partial charge in [-0.15, -0.1) is 0 Å². The quantitative estimate of drug-likeness (QED) is 0.576. The Hall–Kier alpha value is -2.22. The second-order valence-electron chi connectivity index (χ2n) is 3.44. The second-order valence-corrected chi connectivity index (χ2v) is 3.44. The molecule has 0 saturated heterocycles. The van der Waals surface area contributed by atoms with Crippen LogP contribution in [0.3, 0.4) is 0 Å². The summed E-state index contributed by atoms with van der Waals surface area (Å²) in [6.45, 7) is 0. The zero-order chi connectivity index (χ0) is 11.4. The molecule has 0 aromatic heterocycles. The van der Waals surface area contributed by atoms with Gasteiger partial charge >= 0.3 is 0 Å². The third-order valence-corrected chi connectivity index (χ3v) is 2.32. The molecule has 78 valence electrons. The predicted molar refractivity (Wildman–Crippen MR) is 61.7 cm³/mol. The maximum Gasteiger partial charge on any atom is 0.193 e. The Morgan fingerprint density at radius 2 is 1.56 bits per heavy atom. The van der Waals surface area contributed by atoms with Gasteiger partial charge in [-0.2, -0.15) is 0 Å². The molecule has 2 aromatic rings. The van der Waals surface area contributed by atoms with E-state index in [0.717, 1.165) is 6.29 Å². The van der Waals surface area contributed by atoms with E-state index in [1.54, 1.807) is 36.4 Å². The van der Waals surface area contributed by atoms with E-state index in [1.807, 2.05) is 18.2 Å². The average Bonchev–Trinajstić information content (AvgIpc) is 2.39. The minimum absolute atomic E-state index is 0.0655. The number of rotatable bonds is 3. The summed E-state index contributed by atoms with van der Waals surface area (Å²) in [6.07, 6.45) is 0.738. The molecule has 0 N–H and O–H groups in total. The molecule has 0 unspecified atom stereocenters. The fraction of sp³-hybridized carbons (Fsp3) is 0. The largest absolute Gasteiger partial charge is 0.298 e. The van der Waals surface area contributed by atoms with E-state index in [0.29, 0.717) is 16.7 Å². The first-order valence-corrected chi connectivity index (χ1v) is 4.96. The molecule has 0 fully saturated rings. The van der Waals surface area contributed by atoms with Gasteiger partial charge in [0.2, 0.25) is 0 Å². The van der Waals surface area contributed by atoms with E-state index >= 15 is 0 Å². The Labute approximate surface area is 93.5 Å². The Bertz CT molecular complexity index is 515. The monoisotopic (exact) mass is 210 g/mol. The molecule has 2 heteroatoms. The van der Waals surface area contributed by atoms with Crippen LogP contribution < -0.4 is 0 Å². The normalized spacial score (nSPS) is 9.75. The molecule has 0 radical (unpaired) electrons. The van der Waals surface area contributed by atoms with Crippen molar-refractivity contribution >= 4 is 12.1 Å². The van der Waals surface area contributed by atoms with E-state index in [4.69, 9.17) is 0 Å². The summed E-state index contributed by atoms with van der Waals surface area (Å²) >= 11 is 0. The van der Waals surface area contributed by atoms with Crippen molar-refractivity contribution in [3.8, 4) is 0 Å². The first kappa shape index (κ1) is 10.3. The summed E-state index contributed by atoms with van der Waals surface area (Å²) in [4.78, 5) is 22.6. The minimum atomic E-state index is -0.0655. The topological polar surface area (TPSA) is 34.1 Å². The van der Waals surface area contributed by atoms with E-state index < -0.39 is 0 Å². The van der Waals surface area contributed by atoms with Crippen LogP contribution in [0.4, 0.5) is 0 Å². The van der Waals surface area contributed by atoms with Crippen molar-refractivity contribution in [2.45, 2.75) is 0 Å². The van der Waals surface area contributed by atoms with Crippen LogP contribution in [0.25, 0.3) is 0 Å². The maximum atomic E-state index is 12.0. The lowest BCUT2D eigenvalue weighted by Gasteiger charge is -2.01. The third kappa shape index (κ3) is 2.06. The highest BCUT2D eigenvalue weighted by molar-refractivity contribution is 6.09. The van der Waals surface area contributed by atoms with Crippen LogP contribution in [-0.4, -0.2) is 12.1 Å². The smallest absolute Gasteiger partial charge is 0.193 e. The molecule has 0 saturated carbocycles. The molecule has 2 nitrogen and oxygen atoms in total. The molecule has 2 aromatic carbocycles. The molecule has 0 aliphatic heterocycles. The molecule has 2 rings (SSSR count). The van der Waals surface area contributed by atoms with Crippen molar-refractivity contribution < 1.29 is 9.59 Å². The average molecular weight is 210 g/mol. The highest BCUT2D eigenvalue weighted by Gasteiger charge is 2.08. The lowest BCUT2D eigenvalue weighted by atomic mass is 10.0. The Kier molecular flexibility index (Phi) is 2.92. The molecule has 0 spiro atoms. The van der Waals surface area contributed by atoms with Gasteiger partial charge in [0.15, 0.2) is 5.78 Å². The number of carbonyl (C=O) groups is 2. The zero-order valence-electron chi connectivity index (χ0n) is 8.59. The van der Waals surface area contributed by atoms with Crippen LogP contribution >= 0.6 is 0 Å². The number of carbonyl (C=O) groups excluding carboxylic acids is 2. The van der Waals surface area contributed by atoms with Gasteiger partial charge in [-0.25, -0.2) is 0 Å². The van der Waals surface area contributed by atoms with Crippen LogP contribution in [-0.2, 0) is 0 Å². The van der Waals surface area contributed by atoms with Crippen molar-refractivity contribution in [1.82, 2.24) is 0 Å². The maximum absolute atomic E-state index is 12.0. The van der Waals surface area contributed by atoms with Gasteiger partial charge in [0, 0.05) is 16.7 Å². The molecule has 0 amide bonds. The van der Waals surface area contributed by atoms with Gasteiger partial charge < -0.3 is 0 Å². The van der Waals surface area contributed by atoms with Crippen LogP contribution in [0, 0.1) is 0 Å². The first-order valence-electron chi connectivity index (χ1n) is 4.96. The molecule has 0 heterocycles. The van der Waals surface area contributed by atoms with Gasteiger partial charge in [0.1, 0.15) is 6.29 Å². The van der Waals surface area contributed by atoms with Gasteiger partial charge in [-0.1, -0.05) is 48.5 Å². The molecular formula is C14H10O2. The Balaban J connectivity index is 2.38. The van der Waals surface area contributed by atoms with Crippen molar-refractivity contribution in [3.05, 3.63) is 71.3 Å². The summed E-state index contributed by atoms with van der Waals surface area (Å²) in [5.74, 6) is -0.0655. The summed E-state index contributed by atoms with van der Waals surface area (Å²) in [7, 11) is 0. The number of hydrogen-bond donors (Lipinski definition) is 0.